The Hall–Kier alpha value is -1.06. The molecule has 0 saturated heterocycles. The third kappa shape index (κ3) is 1.10. The molecule has 4 heteroatoms. The quantitative estimate of drug-likeness (QED) is 0.334. The van der Waals surface area contributed by atoms with Crippen molar-refractivity contribution >= 4 is 12.3 Å². The summed E-state index contributed by atoms with van der Waals surface area (Å²) in [5, 5.41) is 3.42. The Balaban J connectivity index is 1.80. The van der Waals surface area contributed by atoms with Gasteiger partial charge in [-0.05, 0) is 49.4 Å². The summed E-state index contributed by atoms with van der Waals surface area (Å²) >= 11 is 0. The number of nitrogens with two attached hydrogens (primary N) is 1. The number of carbonyl (C=O) groups is 1. The standard InChI is InChI=1S/C12H18N2O2/c1-8-2-9-4-11(3-8)6-12(11,5-9)10(15)16-14-7-13/h7-9H,2-6H2,1H3,(H2,13,14). The molecule has 3 fully saturated rings. The van der Waals surface area contributed by atoms with Gasteiger partial charge in [0.2, 0.25) is 0 Å². The Morgan fingerprint density at radius 3 is 3.06 bits per heavy atom. The van der Waals surface area contributed by atoms with Crippen molar-refractivity contribution in [3.63, 3.8) is 0 Å². The maximum atomic E-state index is 12.0. The SMILES string of the molecule is CC1CC2CC3(C1)CC3(C(=O)ON=CN)C2. The molecule has 2 bridgehead atoms. The van der Waals surface area contributed by atoms with Gasteiger partial charge in [-0.25, -0.2) is 4.79 Å². The van der Waals surface area contributed by atoms with Crippen LogP contribution in [0.2, 0.25) is 0 Å². The molecule has 16 heavy (non-hydrogen) atoms. The molecule has 3 aliphatic rings. The Bertz CT molecular complexity index is 368. The van der Waals surface area contributed by atoms with E-state index < -0.39 is 0 Å². The van der Waals surface area contributed by atoms with Gasteiger partial charge in [0.25, 0.3) is 0 Å². The highest BCUT2D eigenvalue weighted by atomic mass is 16.7. The number of nitrogens with zero attached hydrogens (tertiary/aromatic N) is 1. The van der Waals surface area contributed by atoms with E-state index in [-0.39, 0.29) is 16.8 Å². The summed E-state index contributed by atoms with van der Waals surface area (Å²) in [5.41, 5.74) is 5.15. The summed E-state index contributed by atoms with van der Waals surface area (Å²) < 4.78 is 0. The van der Waals surface area contributed by atoms with E-state index >= 15 is 0 Å². The van der Waals surface area contributed by atoms with Crippen molar-refractivity contribution in [2.45, 2.75) is 39.0 Å². The van der Waals surface area contributed by atoms with Gasteiger partial charge in [-0.2, -0.15) is 0 Å². The van der Waals surface area contributed by atoms with E-state index in [0.29, 0.717) is 0 Å². The fraction of sp³-hybridized carbons (Fsp3) is 0.833. The molecule has 0 aliphatic heterocycles. The topological polar surface area (TPSA) is 64.7 Å². The van der Waals surface area contributed by atoms with Crippen LogP contribution in [-0.4, -0.2) is 12.3 Å². The van der Waals surface area contributed by atoms with Gasteiger partial charge in [0.05, 0.1) is 5.41 Å². The van der Waals surface area contributed by atoms with Crippen LogP contribution in [0.4, 0.5) is 0 Å². The summed E-state index contributed by atoms with van der Waals surface area (Å²) in [5.74, 6) is 1.34. The lowest BCUT2D eigenvalue weighted by molar-refractivity contribution is -0.151. The van der Waals surface area contributed by atoms with Crippen molar-refractivity contribution in [2.75, 3.05) is 0 Å². The Kier molecular flexibility index (Phi) is 1.89. The van der Waals surface area contributed by atoms with E-state index in [9.17, 15) is 4.79 Å². The van der Waals surface area contributed by atoms with Crippen LogP contribution < -0.4 is 5.73 Å². The van der Waals surface area contributed by atoms with Crippen LogP contribution in [0.3, 0.4) is 0 Å². The van der Waals surface area contributed by atoms with E-state index in [1.165, 1.54) is 19.3 Å². The van der Waals surface area contributed by atoms with Gasteiger partial charge >= 0.3 is 5.97 Å². The van der Waals surface area contributed by atoms with E-state index in [1.807, 2.05) is 0 Å². The minimum Gasteiger partial charge on any atom is -0.387 e. The van der Waals surface area contributed by atoms with Crippen molar-refractivity contribution in [3.8, 4) is 0 Å². The number of carbonyl (C=O) groups excluding carboxylic acids is 1. The van der Waals surface area contributed by atoms with Gasteiger partial charge in [0.1, 0.15) is 6.34 Å². The zero-order valence-corrected chi connectivity index (χ0v) is 9.61. The van der Waals surface area contributed by atoms with Crippen molar-refractivity contribution < 1.29 is 9.63 Å². The van der Waals surface area contributed by atoms with Crippen LogP contribution in [0.1, 0.15) is 39.0 Å². The third-order valence-corrected chi connectivity index (χ3v) is 4.91. The Morgan fingerprint density at radius 1 is 1.50 bits per heavy atom. The summed E-state index contributed by atoms with van der Waals surface area (Å²) in [6.07, 6.45) is 6.74. The maximum absolute atomic E-state index is 12.0. The molecule has 0 radical (unpaired) electrons. The number of rotatable bonds is 2. The molecular formula is C12H18N2O2. The molecular weight excluding hydrogens is 204 g/mol. The van der Waals surface area contributed by atoms with Crippen LogP contribution in [0.15, 0.2) is 5.16 Å². The van der Waals surface area contributed by atoms with Gasteiger partial charge in [-0.1, -0.05) is 12.1 Å². The van der Waals surface area contributed by atoms with Crippen LogP contribution >= 0.6 is 0 Å². The van der Waals surface area contributed by atoms with Gasteiger partial charge in [-0.3, -0.25) is 0 Å². The fourth-order valence-corrected chi connectivity index (χ4v) is 4.58. The molecule has 3 rings (SSSR count). The van der Waals surface area contributed by atoms with Gasteiger partial charge < -0.3 is 10.6 Å². The summed E-state index contributed by atoms with van der Waals surface area (Å²) in [4.78, 5) is 16.9. The molecule has 88 valence electrons. The zero-order chi connectivity index (χ0) is 11.4. The van der Waals surface area contributed by atoms with Crippen LogP contribution in [0, 0.1) is 22.7 Å². The fourth-order valence-electron chi connectivity index (χ4n) is 4.58. The molecule has 3 aliphatic carbocycles. The van der Waals surface area contributed by atoms with Crippen LogP contribution in [0.25, 0.3) is 0 Å². The molecule has 0 heterocycles. The zero-order valence-electron chi connectivity index (χ0n) is 9.61. The van der Waals surface area contributed by atoms with Crippen LogP contribution in [-0.2, 0) is 9.63 Å². The van der Waals surface area contributed by atoms with E-state index in [0.717, 1.165) is 31.0 Å². The average Bonchev–Trinajstić information content (AvgIpc) is 2.73. The molecule has 0 amide bonds. The number of oxime groups is 1. The van der Waals surface area contributed by atoms with Crippen molar-refractivity contribution in [3.05, 3.63) is 0 Å². The second-order valence-electron chi connectivity index (χ2n) is 5.99. The lowest BCUT2D eigenvalue weighted by Gasteiger charge is -2.28. The third-order valence-electron chi connectivity index (χ3n) is 4.91. The summed E-state index contributed by atoms with van der Waals surface area (Å²) in [7, 11) is 0. The van der Waals surface area contributed by atoms with Crippen molar-refractivity contribution in [2.24, 2.45) is 33.6 Å². The van der Waals surface area contributed by atoms with Gasteiger partial charge in [0, 0.05) is 0 Å². The summed E-state index contributed by atoms with van der Waals surface area (Å²) in [6.45, 7) is 2.30. The van der Waals surface area contributed by atoms with Gasteiger partial charge in [-0.15, -0.1) is 0 Å². The maximum Gasteiger partial charge on any atom is 0.341 e. The van der Waals surface area contributed by atoms with Crippen LogP contribution in [0.5, 0.6) is 0 Å². The molecule has 4 atom stereocenters. The van der Waals surface area contributed by atoms with E-state index in [4.69, 9.17) is 10.6 Å². The normalized spacial score (nSPS) is 49.1. The first-order chi connectivity index (χ1) is 7.62. The van der Waals surface area contributed by atoms with Crippen molar-refractivity contribution in [1.82, 2.24) is 0 Å². The predicted molar refractivity (Wildman–Crippen MR) is 59.4 cm³/mol. The monoisotopic (exact) mass is 222 g/mol. The number of fused-ring (bicyclic) bond motifs is 1. The second-order valence-corrected chi connectivity index (χ2v) is 5.99. The minimum atomic E-state index is -0.199. The van der Waals surface area contributed by atoms with E-state index in [2.05, 4.69) is 12.1 Å². The first-order valence-electron chi connectivity index (χ1n) is 6.07. The molecule has 2 N–H and O–H groups in total. The number of hydrogen-bond acceptors (Lipinski definition) is 3. The predicted octanol–water partition coefficient (Wildman–Crippen LogP) is 1.65. The highest BCUT2D eigenvalue weighted by molar-refractivity contribution is 5.83. The second kappa shape index (κ2) is 2.99. The number of hydrogen-bond donors (Lipinski definition) is 1. The Morgan fingerprint density at radius 2 is 2.31 bits per heavy atom. The lowest BCUT2D eigenvalue weighted by Crippen LogP contribution is -2.22. The van der Waals surface area contributed by atoms with Gasteiger partial charge in [0.15, 0.2) is 0 Å². The first kappa shape index (κ1) is 10.1. The molecule has 4 unspecified atom stereocenters. The Labute approximate surface area is 95.2 Å². The summed E-state index contributed by atoms with van der Waals surface area (Å²) in [6, 6.07) is 0. The lowest BCUT2D eigenvalue weighted by atomic mass is 9.77. The average molecular weight is 222 g/mol. The first-order valence-corrected chi connectivity index (χ1v) is 6.07. The molecule has 3 saturated carbocycles. The largest absolute Gasteiger partial charge is 0.387 e. The van der Waals surface area contributed by atoms with Crippen molar-refractivity contribution in [1.29, 1.82) is 0 Å². The highest BCUT2D eigenvalue weighted by Gasteiger charge is 2.77. The molecule has 1 spiro atoms. The molecule has 0 aromatic heterocycles. The highest BCUT2D eigenvalue weighted by Crippen LogP contribution is 2.80. The smallest absolute Gasteiger partial charge is 0.341 e. The minimum absolute atomic E-state index is 0.147. The van der Waals surface area contributed by atoms with E-state index in [1.54, 1.807) is 0 Å². The molecule has 0 aromatic rings. The molecule has 4 nitrogen and oxygen atoms in total. The molecule has 0 aromatic carbocycles.